The minimum absolute atomic E-state index is 0.139. The second-order valence-electron chi connectivity index (χ2n) is 13.1. The summed E-state index contributed by atoms with van der Waals surface area (Å²) < 4.78 is 41.0. The summed E-state index contributed by atoms with van der Waals surface area (Å²) in [5, 5.41) is 23.7. The van der Waals surface area contributed by atoms with E-state index in [0.29, 0.717) is 25.7 Å². The molecular weight excluding hydrogens is 490 g/mol. The van der Waals surface area contributed by atoms with E-state index < -0.39 is 47.2 Å². The van der Waals surface area contributed by atoms with Gasteiger partial charge < -0.3 is 24.8 Å². The molecule has 2 aliphatic heterocycles. The monoisotopic (exact) mass is 526 g/mol. The lowest BCUT2D eigenvalue weighted by Crippen LogP contribution is -2.78. The zero-order valence-corrected chi connectivity index (χ0v) is 22.1. The van der Waals surface area contributed by atoms with Crippen molar-refractivity contribution in [3.63, 3.8) is 0 Å². The van der Waals surface area contributed by atoms with E-state index >= 15 is 8.78 Å². The highest BCUT2D eigenvalue weighted by atomic mass is 19.2. The van der Waals surface area contributed by atoms with E-state index in [2.05, 4.69) is 24.1 Å². The normalized spacial score (nSPS) is 47.5. The lowest BCUT2D eigenvalue weighted by molar-refractivity contribution is -0.347. The molecule has 2 saturated carbocycles. The van der Waals surface area contributed by atoms with Crippen LogP contribution in [0.25, 0.3) is 16.3 Å². The maximum Gasteiger partial charge on any atom is 0.248 e. The molecule has 4 fully saturated rings. The van der Waals surface area contributed by atoms with Gasteiger partial charge in [0.1, 0.15) is 23.0 Å². The van der Waals surface area contributed by atoms with Crippen LogP contribution in [0.5, 0.6) is 0 Å². The fourth-order valence-corrected chi connectivity index (χ4v) is 9.30. The molecule has 204 valence electrons. The maximum absolute atomic E-state index is 17.2. The van der Waals surface area contributed by atoms with Crippen LogP contribution in [0.4, 0.5) is 8.78 Å². The lowest BCUT2D eigenvalue weighted by Gasteiger charge is -2.65. The molecule has 3 unspecified atom stereocenters. The van der Waals surface area contributed by atoms with E-state index in [4.69, 9.17) is 4.74 Å². The summed E-state index contributed by atoms with van der Waals surface area (Å²) in [6, 6.07) is 7.16. The van der Waals surface area contributed by atoms with Crippen molar-refractivity contribution in [3.8, 4) is 0 Å². The van der Waals surface area contributed by atoms with Gasteiger partial charge in [0.25, 0.3) is 0 Å². The zero-order valence-electron chi connectivity index (χ0n) is 22.1. The van der Waals surface area contributed by atoms with Gasteiger partial charge in [0.05, 0.1) is 6.10 Å². The molecule has 3 heterocycles. The molecule has 2 spiro atoms. The first-order chi connectivity index (χ1) is 17.9. The molecule has 1 aromatic heterocycles. The zero-order chi connectivity index (χ0) is 26.9. The highest BCUT2D eigenvalue weighted by Gasteiger charge is 2.82. The number of hydrogen-bond acceptors (Lipinski definition) is 5. The minimum atomic E-state index is -2.34. The molecule has 8 heteroatoms. The Hall–Kier alpha value is -2.13. The van der Waals surface area contributed by atoms with Crippen LogP contribution in [0.1, 0.15) is 57.4 Å². The standard InChI is InChI=1S/C30H36F2N2O4/c1-26-8-9-27(31)16-29(32)25(37)24(36)21(34(2)3)14-28(29)10-11-30(27,38-28)22(26)7-6-20(26)18-5-4-17-13-23(35)33-15-19(17)12-18/h4-6,12-13,15,21-22,24-25,36-37H,7-11,14,16H2,1-3H3,(H,33,35)/t21-,22?,24+,25-,26+,27?,28+,29?,30-/m0/s1. The number of halogens is 2. The molecule has 3 aliphatic carbocycles. The number of alkyl halides is 2. The van der Waals surface area contributed by atoms with Crippen LogP contribution in [0.15, 0.2) is 41.3 Å². The molecular formula is C30H36F2N2O4. The number of benzene rings is 1. The SMILES string of the molecule is CN(C)[C@H]1C[C@@]23CC[C@]4(O2)C2CC=C(c5ccc6cc(=O)[nH]cc6c5)[C@@]2(C)CCC4(F)CC3(F)[C@@H](O)[C@@H]1O. The van der Waals surface area contributed by atoms with Gasteiger partial charge in [-0.1, -0.05) is 25.1 Å². The molecule has 0 radical (unpaired) electrons. The number of rotatable bonds is 2. The predicted molar refractivity (Wildman–Crippen MR) is 140 cm³/mol. The molecule has 5 aliphatic rings. The number of aromatic nitrogens is 1. The molecule has 7 rings (SSSR count). The fraction of sp³-hybridized carbons (Fsp3) is 0.633. The Morgan fingerprint density at radius 1 is 1.08 bits per heavy atom. The first kappa shape index (κ1) is 24.9. The van der Waals surface area contributed by atoms with Crippen LogP contribution in [0, 0.1) is 11.3 Å². The second-order valence-corrected chi connectivity index (χ2v) is 13.1. The van der Waals surface area contributed by atoms with Gasteiger partial charge >= 0.3 is 0 Å². The second kappa shape index (κ2) is 7.53. The fourth-order valence-electron chi connectivity index (χ4n) is 9.30. The van der Waals surface area contributed by atoms with Crippen LogP contribution in [-0.4, -0.2) is 75.0 Å². The van der Waals surface area contributed by atoms with Crippen molar-refractivity contribution in [3.05, 3.63) is 52.5 Å². The Morgan fingerprint density at radius 2 is 1.87 bits per heavy atom. The summed E-state index contributed by atoms with van der Waals surface area (Å²) in [6.07, 6.45) is 2.73. The van der Waals surface area contributed by atoms with Gasteiger partial charge in [0, 0.05) is 30.6 Å². The molecule has 38 heavy (non-hydrogen) atoms. The number of nitrogens with zero attached hydrogens (tertiary/aromatic N) is 1. The third-order valence-electron chi connectivity index (χ3n) is 11.3. The Morgan fingerprint density at radius 3 is 2.63 bits per heavy atom. The van der Waals surface area contributed by atoms with Crippen molar-refractivity contribution >= 4 is 16.3 Å². The highest BCUT2D eigenvalue weighted by molar-refractivity contribution is 5.87. The topological polar surface area (TPSA) is 85.8 Å². The van der Waals surface area contributed by atoms with Crippen LogP contribution >= 0.6 is 0 Å². The third-order valence-corrected chi connectivity index (χ3v) is 11.3. The number of pyridine rings is 1. The molecule has 1 aromatic carbocycles. The summed E-state index contributed by atoms with van der Waals surface area (Å²) in [5.41, 5.74) is -5.05. The number of likely N-dealkylation sites (N-methyl/N-ethyl adjacent to an activating group) is 1. The van der Waals surface area contributed by atoms with Crippen molar-refractivity contribution in [2.45, 2.75) is 92.7 Å². The molecule has 6 nitrogen and oxygen atoms in total. The quantitative estimate of drug-likeness (QED) is 0.553. The van der Waals surface area contributed by atoms with E-state index in [0.717, 1.165) is 21.9 Å². The average Bonchev–Trinajstić information content (AvgIpc) is 3.42. The number of allylic oxidation sites excluding steroid dienone is 2. The summed E-state index contributed by atoms with van der Waals surface area (Å²) in [5.74, 6) is -0.166. The van der Waals surface area contributed by atoms with Crippen LogP contribution < -0.4 is 5.56 Å². The first-order valence-electron chi connectivity index (χ1n) is 13.8. The first-order valence-corrected chi connectivity index (χ1v) is 13.8. The Bertz CT molecular complexity index is 1430. The van der Waals surface area contributed by atoms with Crippen molar-refractivity contribution in [2.75, 3.05) is 14.1 Å². The van der Waals surface area contributed by atoms with Crippen LogP contribution in [-0.2, 0) is 4.74 Å². The number of hydrogen-bond donors (Lipinski definition) is 3. The largest absolute Gasteiger partial charge is 0.389 e. The van der Waals surface area contributed by atoms with Crippen LogP contribution in [0.3, 0.4) is 0 Å². The number of H-pyrrole nitrogens is 1. The molecule has 9 atom stereocenters. The molecule has 2 saturated heterocycles. The number of aliphatic hydroxyl groups excluding tert-OH is 2. The predicted octanol–water partition coefficient (Wildman–Crippen LogP) is 3.90. The number of nitrogens with one attached hydrogen (secondary N) is 1. The van der Waals surface area contributed by atoms with Gasteiger partial charge in [0.15, 0.2) is 5.67 Å². The molecule has 3 N–H and O–H groups in total. The van der Waals surface area contributed by atoms with Crippen LogP contribution in [0.2, 0.25) is 0 Å². The van der Waals surface area contributed by atoms with Gasteiger partial charge in [-0.15, -0.1) is 0 Å². The van der Waals surface area contributed by atoms with Gasteiger partial charge in [0.2, 0.25) is 5.56 Å². The van der Waals surface area contributed by atoms with E-state index in [-0.39, 0.29) is 29.7 Å². The number of aliphatic hydroxyl groups is 2. The van der Waals surface area contributed by atoms with Gasteiger partial charge in [-0.3, -0.25) is 4.79 Å². The van der Waals surface area contributed by atoms with E-state index in [1.807, 2.05) is 12.1 Å². The van der Waals surface area contributed by atoms with E-state index in [1.54, 1.807) is 31.3 Å². The number of fused-ring (bicyclic) bond motifs is 2. The summed E-state index contributed by atoms with van der Waals surface area (Å²) in [4.78, 5) is 16.3. The summed E-state index contributed by atoms with van der Waals surface area (Å²) in [7, 11) is 3.61. The van der Waals surface area contributed by atoms with Crippen molar-refractivity contribution < 1.29 is 23.7 Å². The molecule has 0 amide bonds. The third kappa shape index (κ3) is 2.82. The Balaban J connectivity index is 1.29. The lowest BCUT2D eigenvalue weighted by atomic mass is 9.51. The van der Waals surface area contributed by atoms with E-state index in [9.17, 15) is 15.0 Å². The summed E-state index contributed by atoms with van der Waals surface area (Å²) in [6.45, 7) is 2.19. The van der Waals surface area contributed by atoms with Gasteiger partial charge in [-0.25, -0.2) is 8.78 Å². The highest BCUT2D eigenvalue weighted by Crippen LogP contribution is 2.74. The van der Waals surface area contributed by atoms with Gasteiger partial charge in [-0.05, 0) is 86.0 Å². The van der Waals surface area contributed by atoms with Crippen molar-refractivity contribution in [1.29, 1.82) is 0 Å². The van der Waals surface area contributed by atoms with Gasteiger partial charge in [-0.2, -0.15) is 0 Å². The summed E-state index contributed by atoms with van der Waals surface area (Å²) >= 11 is 0. The molecule has 2 bridgehead atoms. The Labute approximate surface area is 220 Å². The molecule has 2 aromatic rings. The van der Waals surface area contributed by atoms with Crippen molar-refractivity contribution in [1.82, 2.24) is 9.88 Å². The number of ether oxygens (including phenoxy) is 1. The smallest absolute Gasteiger partial charge is 0.248 e. The average molecular weight is 527 g/mol. The minimum Gasteiger partial charge on any atom is -0.389 e. The number of aromatic amines is 1. The van der Waals surface area contributed by atoms with Crippen molar-refractivity contribution in [2.24, 2.45) is 11.3 Å². The maximum atomic E-state index is 17.2. The van der Waals surface area contributed by atoms with E-state index in [1.165, 1.54) is 0 Å². The Kier molecular flexibility index (Phi) is 4.93.